The lowest BCUT2D eigenvalue weighted by atomic mass is 10.1. The predicted molar refractivity (Wildman–Crippen MR) is 119 cm³/mol. The number of carbonyl (C=O) groups excluding carboxylic acids is 2. The van der Waals surface area contributed by atoms with Crippen molar-refractivity contribution in [2.75, 3.05) is 50.4 Å². The van der Waals surface area contributed by atoms with Crippen LogP contribution in [-0.2, 0) is 19.6 Å². The Morgan fingerprint density at radius 1 is 1.03 bits per heavy atom. The van der Waals surface area contributed by atoms with Gasteiger partial charge in [-0.25, -0.2) is 13.2 Å². The Labute approximate surface area is 187 Å². The second-order valence-electron chi connectivity index (χ2n) is 6.49. The second kappa shape index (κ2) is 10.7. The molecule has 2 rings (SSSR count). The zero-order valence-corrected chi connectivity index (χ0v) is 19.3. The van der Waals surface area contributed by atoms with Gasteiger partial charge in [0, 0.05) is 18.2 Å². The third-order valence-electron chi connectivity index (χ3n) is 4.31. The number of benzene rings is 2. The molecule has 32 heavy (non-hydrogen) atoms. The molecule has 0 atom stereocenters. The fraction of sp³-hybridized carbons (Fsp3) is 0.333. The van der Waals surface area contributed by atoms with Crippen LogP contribution in [0.25, 0.3) is 0 Å². The largest absolute Gasteiger partial charge is 0.494 e. The molecule has 174 valence electrons. The average Bonchev–Trinajstić information content (AvgIpc) is 2.76. The molecule has 0 aromatic heterocycles. The summed E-state index contributed by atoms with van der Waals surface area (Å²) < 4.78 is 46.3. The van der Waals surface area contributed by atoms with Gasteiger partial charge >= 0.3 is 5.97 Å². The van der Waals surface area contributed by atoms with E-state index in [0.29, 0.717) is 12.4 Å². The molecule has 2 aromatic carbocycles. The van der Waals surface area contributed by atoms with Crippen molar-refractivity contribution in [3.8, 4) is 17.2 Å². The fourth-order valence-electron chi connectivity index (χ4n) is 2.88. The molecule has 0 heterocycles. The summed E-state index contributed by atoms with van der Waals surface area (Å²) in [5.41, 5.74) is 0.355. The molecule has 0 saturated heterocycles. The van der Waals surface area contributed by atoms with Gasteiger partial charge in [0.05, 0.1) is 51.1 Å². The van der Waals surface area contributed by atoms with Gasteiger partial charge in [0.1, 0.15) is 12.3 Å². The van der Waals surface area contributed by atoms with Crippen LogP contribution in [0.1, 0.15) is 17.3 Å². The molecule has 0 aliphatic heterocycles. The van der Waals surface area contributed by atoms with Crippen LogP contribution < -0.4 is 23.8 Å². The third-order valence-corrected chi connectivity index (χ3v) is 5.45. The lowest BCUT2D eigenvalue weighted by Gasteiger charge is -2.23. The Morgan fingerprint density at radius 2 is 1.69 bits per heavy atom. The number of ether oxygens (including phenoxy) is 4. The quantitative estimate of drug-likeness (QED) is 0.530. The van der Waals surface area contributed by atoms with Crippen molar-refractivity contribution in [3.63, 3.8) is 0 Å². The molecular weight excluding hydrogens is 440 g/mol. The molecule has 0 aliphatic carbocycles. The Hall–Kier alpha value is -3.47. The maximum atomic E-state index is 12.8. The molecule has 0 fully saturated rings. The van der Waals surface area contributed by atoms with Crippen molar-refractivity contribution < 1.29 is 37.0 Å². The van der Waals surface area contributed by atoms with Crippen LogP contribution in [0.15, 0.2) is 36.4 Å². The van der Waals surface area contributed by atoms with Crippen LogP contribution in [0.4, 0.5) is 11.4 Å². The van der Waals surface area contributed by atoms with Crippen molar-refractivity contribution in [1.29, 1.82) is 0 Å². The van der Waals surface area contributed by atoms with E-state index < -0.39 is 28.4 Å². The number of hydrogen-bond acceptors (Lipinski definition) is 8. The van der Waals surface area contributed by atoms with Crippen molar-refractivity contribution in [3.05, 3.63) is 42.0 Å². The van der Waals surface area contributed by atoms with Crippen LogP contribution in [0.5, 0.6) is 17.2 Å². The lowest BCUT2D eigenvalue weighted by molar-refractivity contribution is -0.114. The number of esters is 1. The van der Waals surface area contributed by atoms with E-state index in [1.807, 2.05) is 0 Å². The number of methoxy groups -OCH3 is 3. The van der Waals surface area contributed by atoms with Crippen molar-refractivity contribution >= 4 is 33.3 Å². The minimum atomic E-state index is -3.81. The van der Waals surface area contributed by atoms with E-state index in [-0.39, 0.29) is 28.4 Å². The standard InChI is InChI=1S/C21H26N2O8S/c1-6-31-15-9-7-8-14(10-15)23(32(5,26)27)13-20(24)22-17-12-19(29-3)18(28-2)11-16(17)21(25)30-4/h7-12H,6,13H2,1-5H3,(H,22,24). The summed E-state index contributed by atoms with van der Waals surface area (Å²) in [6, 6.07) is 9.13. The molecule has 1 amide bonds. The maximum Gasteiger partial charge on any atom is 0.340 e. The summed E-state index contributed by atoms with van der Waals surface area (Å²) in [4.78, 5) is 25.0. The molecule has 2 aromatic rings. The molecule has 0 unspecified atom stereocenters. The molecule has 0 bridgehead atoms. The third kappa shape index (κ3) is 6.03. The normalized spacial score (nSPS) is 10.8. The topological polar surface area (TPSA) is 120 Å². The van der Waals surface area contributed by atoms with Gasteiger partial charge in [-0.3, -0.25) is 9.10 Å². The summed E-state index contributed by atoms with van der Waals surface area (Å²) in [6.07, 6.45) is 0.990. The number of sulfonamides is 1. The Balaban J connectivity index is 2.38. The highest BCUT2D eigenvalue weighted by molar-refractivity contribution is 7.92. The Kier molecular flexibility index (Phi) is 8.30. The van der Waals surface area contributed by atoms with Crippen molar-refractivity contribution in [2.45, 2.75) is 6.92 Å². The number of anilines is 2. The first kappa shape index (κ1) is 24.8. The zero-order chi connectivity index (χ0) is 23.9. The van der Waals surface area contributed by atoms with Gasteiger partial charge < -0.3 is 24.3 Å². The van der Waals surface area contributed by atoms with Gasteiger partial charge in [-0.1, -0.05) is 6.07 Å². The maximum absolute atomic E-state index is 12.8. The van der Waals surface area contributed by atoms with Gasteiger partial charge in [-0.2, -0.15) is 0 Å². The van der Waals surface area contributed by atoms with Crippen LogP contribution in [0, 0.1) is 0 Å². The van der Waals surface area contributed by atoms with E-state index in [0.717, 1.165) is 10.6 Å². The highest BCUT2D eigenvalue weighted by Gasteiger charge is 2.24. The van der Waals surface area contributed by atoms with Gasteiger partial charge in [0.2, 0.25) is 15.9 Å². The van der Waals surface area contributed by atoms with E-state index >= 15 is 0 Å². The molecule has 0 radical (unpaired) electrons. The summed E-state index contributed by atoms with van der Waals surface area (Å²) in [5, 5.41) is 2.55. The number of nitrogens with zero attached hydrogens (tertiary/aromatic N) is 1. The van der Waals surface area contributed by atoms with E-state index in [1.54, 1.807) is 25.1 Å². The number of nitrogens with one attached hydrogen (secondary N) is 1. The van der Waals surface area contributed by atoms with E-state index in [4.69, 9.17) is 18.9 Å². The van der Waals surface area contributed by atoms with Crippen molar-refractivity contribution in [1.82, 2.24) is 0 Å². The summed E-state index contributed by atoms with van der Waals surface area (Å²) in [6.45, 7) is 1.66. The first-order valence-electron chi connectivity index (χ1n) is 9.49. The zero-order valence-electron chi connectivity index (χ0n) is 18.5. The highest BCUT2D eigenvalue weighted by Crippen LogP contribution is 2.34. The smallest absolute Gasteiger partial charge is 0.340 e. The van der Waals surface area contributed by atoms with E-state index in [1.165, 1.54) is 39.5 Å². The fourth-order valence-corrected chi connectivity index (χ4v) is 3.72. The van der Waals surface area contributed by atoms with E-state index in [9.17, 15) is 18.0 Å². The van der Waals surface area contributed by atoms with Crippen LogP contribution >= 0.6 is 0 Å². The molecule has 1 N–H and O–H groups in total. The predicted octanol–water partition coefficient (Wildman–Crippen LogP) is 2.29. The van der Waals surface area contributed by atoms with Crippen molar-refractivity contribution in [2.24, 2.45) is 0 Å². The van der Waals surface area contributed by atoms with Gasteiger partial charge in [0.25, 0.3) is 0 Å². The minimum absolute atomic E-state index is 0.0164. The SMILES string of the molecule is CCOc1cccc(N(CC(=O)Nc2cc(OC)c(OC)cc2C(=O)OC)S(C)(=O)=O)c1. The molecular formula is C21H26N2O8S. The number of hydrogen-bond donors (Lipinski definition) is 1. The first-order valence-corrected chi connectivity index (χ1v) is 11.3. The Bertz CT molecular complexity index is 1090. The molecule has 0 saturated carbocycles. The van der Waals surface area contributed by atoms with Crippen LogP contribution in [-0.4, -0.2) is 61.0 Å². The summed E-state index contributed by atoms with van der Waals surface area (Å²) in [7, 11) is 0.186. The molecule has 0 aliphatic rings. The highest BCUT2D eigenvalue weighted by atomic mass is 32.2. The molecule has 11 heteroatoms. The molecule has 0 spiro atoms. The second-order valence-corrected chi connectivity index (χ2v) is 8.40. The minimum Gasteiger partial charge on any atom is -0.494 e. The van der Waals surface area contributed by atoms with Gasteiger partial charge in [-0.05, 0) is 19.1 Å². The van der Waals surface area contributed by atoms with Crippen LogP contribution in [0.2, 0.25) is 0 Å². The summed E-state index contributed by atoms with van der Waals surface area (Å²) in [5.74, 6) is -0.414. The average molecular weight is 467 g/mol. The Morgan fingerprint density at radius 3 is 2.25 bits per heavy atom. The number of rotatable bonds is 10. The van der Waals surface area contributed by atoms with Crippen LogP contribution in [0.3, 0.4) is 0 Å². The lowest BCUT2D eigenvalue weighted by Crippen LogP contribution is -2.37. The van der Waals surface area contributed by atoms with Gasteiger partial charge in [-0.15, -0.1) is 0 Å². The summed E-state index contributed by atoms with van der Waals surface area (Å²) >= 11 is 0. The number of carbonyl (C=O) groups is 2. The monoisotopic (exact) mass is 466 g/mol. The number of amides is 1. The first-order chi connectivity index (χ1) is 15.1. The molecule has 10 nitrogen and oxygen atoms in total. The van der Waals surface area contributed by atoms with Gasteiger partial charge in [0.15, 0.2) is 11.5 Å². The van der Waals surface area contributed by atoms with E-state index in [2.05, 4.69) is 5.32 Å².